The molecule has 2 amide bonds. The molecule has 0 aromatic carbocycles. The second-order valence-corrected chi connectivity index (χ2v) is 2.33. The van der Waals surface area contributed by atoms with Gasteiger partial charge in [0.15, 0.2) is 0 Å². The first kappa shape index (κ1) is 9.94. The highest BCUT2D eigenvalue weighted by Crippen LogP contribution is 1.97. The molecular weight excluding hydrogens is 144 g/mol. The van der Waals surface area contributed by atoms with Crippen molar-refractivity contribution >= 4 is 12.8 Å². The average Bonchev–Trinajstić information content (AvgIpc) is 2.05. The Labute approximate surface area is 66.4 Å². The maximum absolute atomic E-state index is 9.90. The predicted molar refractivity (Wildman–Crippen MR) is 41.9 cm³/mol. The van der Waals surface area contributed by atoms with Gasteiger partial charge in [-0.15, -0.1) is 0 Å². The highest BCUT2D eigenvalue weighted by Gasteiger charge is 2.03. The van der Waals surface area contributed by atoms with Crippen LogP contribution in [0.4, 0.5) is 0 Å². The Morgan fingerprint density at radius 2 is 1.64 bits per heavy atom. The zero-order valence-corrected chi connectivity index (χ0v) is 6.67. The van der Waals surface area contributed by atoms with E-state index in [1.165, 1.54) is 0 Å². The van der Waals surface area contributed by atoms with Crippen LogP contribution >= 0.6 is 0 Å². The molecule has 4 heteroatoms. The van der Waals surface area contributed by atoms with Gasteiger partial charge in [0.2, 0.25) is 12.8 Å². The standard InChI is InChI=1S/C7H14N2O2/c1-2-7(3-8-5-10)4-9-6-11/h5-7H,2-4H2,1H3,(H,8,10)(H,9,11). The van der Waals surface area contributed by atoms with E-state index in [9.17, 15) is 9.59 Å². The fourth-order valence-electron chi connectivity index (χ4n) is 0.790. The van der Waals surface area contributed by atoms with Gasteiger partial charge in [-0.1, -0.05) is 6.92 Å². The third-order valence-electron chi connectivity index (χ3n) is 1.56. The minimum absolute atomic E-state index is 0.338. The van der Waals surface area contributed by atoms with Gasteiger partial charge < -0.3 is 10.6 Å². The molecule has 0 aromatic rings. The first-order valence-electron chi connectivity index (χ1n) is 3.69. The maximum Gasteiger partial charge on any atom is 0.207 e. The van der Waals surface area contributed by atoms with Crippen LogP contribution in [-0.2, 0) is 9.59 Å². The summed E-state index contributed by atoms with van der Waals surface area (Å²) in [4.78, 5) is 19.8. The number of amides is 2. The van der Waals surface area contributed by atoms with Crippen molar-refractivity contribution < 1.29 is 9.59 Å². The molecule has 0 fully saturated rings. The van der Waals surface area contributed by atoms with E-state index in [1.54, 1.807) is 0 Å². The van der Waals surface area contributed by atoms with Crippen molar-refractivity contribution in [2.75, 3.05) is 13.1 Å². The zero-order valence-electron chi connectivity index (χ0n) is 6.67. The van der Waals surface area contributed by atoms with Gasteiger partial charge in [0.1, 0.15) is 0 Å². The van der Waals surface area contributed by atoms with Gasteiger partial charge in [-0.05, 0) is 12.3 Å². The molecule has 0 bridgehead atoms. The minimum Gasteiger partial charge on any atom is -0.358 e. The van der Waals surface area contributed by atoms with Crippen LogP contribution in [0.2, 0.25) is 0 Å². The Balaban J connectivity index is 3.39. The lowest BCUT2D eigenvalue weighted by atomic mass is 10.1. The molecule has 0 aliphatic carbocycles. The van der Waals surface area contributed by atoms with Crippen LogP contribution in [-0.4, -0.2) is 25.9 Å². The largest absolute Gasteiger partial charge is 0.358 e. The van der Waals surface area contributed by atoms with Crippen LogP contribution < -0.4 is 10.6 Å². The highest BCUT2D eigenvalue weighted by molar-refractivity contribution is 5.46. The topological polar surface area (TPSA) is 58.2 Å². The molecule has 64 valence electrons. The van der Waals surface area contributed by atoms with E-state index in [-0.39, 0.29) is 0 Å². The van der Waals surface area contributed by atoms with E-state index < -0.39 is 0 Å². The number of hydrogen-bond donors (Lipinski definition) is 2. The monoisotopic (exact) mass is 158 g/mol. The summed E-state index contributed by atoms with van der Waals surface area (Å²) >= 11 is 0. The van der Waals surface area contributed by atoms with Crippen LogP contribution in [0.5, 0.6) is 0 Å². The Kier molecular flexibility index (Phi) is 6.37. The lowest BCUT2D eigenvalue weighted by molar-refractivity contribution is -0.109. The van der Waals surface area contributed by atoms with Crippen LogP contribution in [0.15, 0.2) is 0 Å². The second-order valence-electron chi connectivity index (χ2n) is 2.33. The lowest BCUT2D eigenvalue weighted by Gasteiger charge is -2.12. The number of nitrogens with one attached hydrogen (secondary N) is 2. The van der Waals surface area contributed by atoms with Crippen molar-refractivity contribution in [3.05, 3.63) is 0 Å². The molecule has 0 atom stereocenters. The molecular formula is C7H14N2O2. The molecule has 11 heavy (non-hydrogen) atoms. The Bertz CT molecular complexity index is 105. The number of rotatable bonds is 7. The Morgan fingerprint density at radius 1 is 1.18 bits per heavy atom. The van der Waals surface area contributed by atoms with E-state index in [1.807, 2.05) is 6.92 Å². The average molecular weight is 158 g/mol. The van der Waals surface area contributed by atoms with E-state index in [4.69, 9.17) is 0 Å². The van der Waals surface area contributed by atoms with Crippen molar-refractivity contribution in [3.63, 3.8) is 0 Å². The SMILES string of the molecule is CCC(CNC=O)CNC=O. The van der Waals surface area contributed by atoms with Crippen molar-refractivity contribution in [2.24, 2.45) is 5.92 Å². The summed E-state index contributed by atoms with van der Waals surface area (Å²) in [6.45, 7) is 3.27. The number of carbonyl (C=O) groups is 2. The van der Waals surface area contributed by atoms with Crippen molar-refractivity contribution in [2.45, 2.75) is 13.3 Å². The second kappa shape index (κ2) is 7.05. The summed E-state index contributed by atoms with van der Waals surface area (Å²) in [7, 11) is 0. The quantitative estimate of drug-likeness (QED) is 0.491. The van der Waals surface area contributed by atoms with Crippen LogP contribution in [0.3, 0.4) is 0 Å². The molecule has 0 aliphatic heterocycles. The molecule has 0 radical (unpaired) electrons. The smallest absolute Gasteiger partial charge is 0.207 e. The molecule has 0 rings (SSSR count). The summed E-state index contributed by atoms with van der Waals surface area (Å²) < 4.78 is 0. The molecule has 0 spiro atoms. The van der Waals surface area contributed by atoms with Crippen LogP contribution in [0, 0.1) is 5.92 Å². The van der Waals surface area contributed by atoms with E-state index in [0.717, 1.165) is 6.42 Å². The van der Waals surface area contributed by atoms with Gasteiger partial charge in [0.25, 0.3) is 0 Å². The highest BCUT2D eigenvalue weighted by atomic mass is 16.1. The molecule has 4 nitrogen and oxygen atoms in total. The molecule has 0 heterocycles. The van der Waals surface area contributed by atoms with E-state index >= 15 is 0 Å². The van der Waals surface area contributed by atoms with E-state index in [2.05, 4.69) is 10.6 Å². The van der Waals surface area contributed by atoms with Gasteiger partial charge >= 0.3 is 0 Å². The van der Waals surface area contributed by atoms with Crippen molar-refractivity contribution in [3.8, 4) is 0 Å². The third kappa shape index (κ3) is 5.39. The van der Waals surface area contributed by atoms with Gasteiger partial charge in [-0.3, -0.25) is 9.59 Å². The van der Waals surface area contributed by atoms with Crippen LogP contribution in [0.25, 0.3) is 0 Å². The molecule has 0 unspecified atom stereocenters. The molecule has 0 aromatic heterocycles. The van der Waals surface area contributed by atoms with Gasteiger partial charge in [-0.25, -0.2) is 0 Å². The first-order chi connectivity index (χ1) is 5.35. The normalized spacial score (nSPS) is 9.27. The van der Waals surface area contributed by atoms with Gasteiger partial charge in [0, 0.05) is 13.1 Å². The molecule has 0 aliphatic rings. The summed E-state index contributed by atoms with van der Waals surface area (Å²) in [5.74, 6) is 0.338. The van der Waals surface area contributed by atoms with Gasteiger partial charge in [-0.2, -0.15) is 0 Å². The van der Waals surface area contributed by atoms with Crippen molar-refractivity contribution in [1.82, 2.24) is 10.6 Å². The Morgan fingerprint density at radius 3 is 1.91 bits per heavy atom. The van der Waals surface area contributed by atoms with E-state index in [0.29, 0.717) is 31.8 Å². The summed E-state index contributed by atoms with van der Waals surface area (Å²) in [6, 6.07) is 0. The summed E-state index contributed by atoms with van der Waals surface area (Å²) in [5.41, 5.74) is 0. The fourth-order valence-corrected chi connectivity index (χ4v) is 0.790. The zero-order chi connectivity index (χ0) is 8.53. The minimum atomic E-state index is 0.338. The lowest BCUT2D eigenvalue weighted by Crippen LogP contribution is -2.29. The number of hydrogen-bond acceptors (Lipinski definition) is 2. The maximum atomic E-state index is 9.90. The first-order valence-corrected chi connectivity index (χ1v) is 3.69. The number of carbonyl (C=O) groups excluding carboxylic acids is 2. The molecule has 0 saturated heterocycles. The summed E-state index contributed by atoms with van der Waals surface area (Å²) in [6.07, 6.45) is 2.29. The summed E-state index contributed by atoms with van der Waals surface area (Å²) in [5, 5.41) is 5.14. The molecule has 0 saturated carbocycles. The van der Waals surface area contributed by atoms with Crippen LogP contribution in [0.1, 0.15) is 13.3 Å². The molecule has 2 N–H and O–H groups in total. The Hall–Kier alpha value is -1.06. The predicted octanol–water partition coefficient (Wildman–Crippen LogP) is -0.495. The van der Waals surface area contributed by atoms with Gasteiger partial charge in [0.05, 0.1) is 0 Å². The fraction of sp³-hybridized carbons (Fsp3) is 0.714. The third-order valence-corrected chi connectivity index (χ3v) is 1.56. The van der Waals surface area contributed by atoms with Crippen molar-refractivity contribution in [1.29, 1.82) is 0 Å².